The molecule has 1 heterocycles. The molecule has 3 rings (SSSR count). The molecule has 2 aromatic carbocycles. The van der Waals surface area contributed by atoms with Crippen molar-refractivity contribution in [3.05, 3.63) is 54.6 Å². The number of likely N-dealkylation sites (N-methyl/N-ethyl adjacent to an activating group) is 1. The normalized spacial score (nSPS) is 17.2. The van der Waals surface area contributed by atoms with E-state index in [9.17, 15) is 4.79 Å². The molecule has 2 aromatic rings. The van der Waals surface area contributed by atoms with Crippen LogP contribution in [0.3, 0.4) is 0 Å². The molecule has 1 unspecified atom stereocenters. The Hall–Kier alpha value is -2.53. The van der Waals surface area contributed by atoms with Crippen molar-refractivity contribution < 1.29 is 14.3 Å². The van der Waals surface area contributed by atoms with Crippen molar-refractivity contribution >= 4 is 5.91 Å². The Morgan fingerprint density at radius 3 is 2.38 bits per heavy atom. The number of para-hydroxylation sites is 1. The van der Waals surface area contributed by atoms with E-state index in [0.29, 0.717) is 11.8 Å². The van der Waals surface area contributed by atoms with E-state index in [1.165, 1.54) is 0 Å². The monoisotopic (exact) mass is 354 g/mol. The van der Waals surface area contributed by atoms with Crippen molar-refractivity contribution in [3.8, 4) is 17.2 Å². The molecule has 138 valence electrons. The average molecular weight is 354 g/mol. The van der Waals surface area contributed by atoms with Crippen LogP contribution in [-0.4, -0.2) is 55.5 Å². The molecule has 1 aliphatic rings. The Bertz CT molecular complexity index is 701. The third-order valence-electron chi connectivity index (χ3n) is 4.64. The molecule has 5 nitrogen and oxygen atoms in total. The number of amides is 1. The Labute approximate surface area is 155 Å². The van der Waals surface area contributed by atoms with E-state index < -0.39 is 0 Å². The quantitative estimate of drug-likeness (QED) is 0.797. The number of carbonyl (C=O) groups excluding carboxylic acids is 1. The third-order valence-corrected chi connectivity index (χ3v) is 4.64. The first-order valence-corrected chi connectivity index (χ1v) is 9.02. The summed E-state index contributed by atoms with van der Waals surface area (Å²) in [5.41, 5.74) is 0. The van der Waals surface area contributed by atoms with Crippen molar-refractivity contribution in [1.29, 1.82) is 0 Å². The summed E-state index contributed by atoms with van der Waals surface area (Å²) in [5, 5.41) is 0. The fourth-order valence-corrected chi connectivity index (χ4v) is 3.07. The lowest BCUT2D eigenvalue weighted by Gasteiger charge is -2.36. The predicted octanol–water partition coefficient (Wildman–Crippen LogP) is 3.41. The molecule has 26 heavy (non-hydrogen) atoms. The zero-order valence-corrected chi connectivity index (χ0v) is 15.4. The second-order valence-electron chi connectivity index (χ2n) is 6.77. The average Bonchev–Trinajstić information content (AvgIpc) is 2.68. The maximum Gasteiger partial charge on any atom is 0.260 e. The Morgan fingerprint density at radius 1 is 1.04 bits per heavy atom. The van der Waals surface area contributed by atoms with Gasteiger partial charge in [0.2, 0.25) is 0 Å². The first-order valence-electron chi connectivity index (χ1n) is 9.02. The van der Waals surface area contributed by atoms with Gasteiger partial charge in [-0.25, -0.2) is 0 Å². The van der Waals surface area contributed by atoms with Crippen molar-refractivity contribution in [2.24, 2.45) is 0 Å². The number of piperidine rings is 1. The molecular weight excluding hydrogens is 328 g/mol. The summed E-state index contributed by atoms with van der Waals surface area (Å²) in [4.78, 5) is 16.5. The summed E-state index contributed by atoms with van der Waals surface area (Å²) < 4.78 is 11.4. The van der Waals surface area contributed by atoms with Crippen LogP contribution < -0.4 is 9.47 Å². The molecule has 0 aromatic heterocycles. The zero-order valence-electron chi connectivity index (χ0n) is 15.4. The Kier molecular flexibility index (Phi) is 6.12. The second-order valence-corrected chi connectivity index (χ2v) is 6.77. The smallest absolute Gasteiger partial charge is 0.260 e. The van der Waals surface area contributed by atoms with Crippen LogP contribution in [0.1, 0.15) is 12.8 Å². The fraction of sp³-hybridized carbons (Fsp3) is 0.381. The van der Waals surface area contributed by atoms with Gasteiger partial charge in [0, 0.05) is 19.1 Å². The van der Waals surface area contributed by atoms with Crippen LogP contribution in [-0.2, 0) is 4.79 Å². The van der Waals surface area contributed by atoms with Gasteiger partial charge in [0.25, 0.3) is 5.91 Å². The first-order chi connectivity index (χ1) is 12.6. The summed E-state index contributed by atoms with van der Waals surface area (Å²) in [6.07, 6.45) is 2.18. The molecule has 1 amide bonds. The van der Waals surface area contributed by atoms with E-state index in [0.717, 1.165) is 37.4 Å². The molecule has 0 aliphatic carbocycles. The number of hydrogen-bond acceptors (Lipinski definition) is 4. The standard InChI is InChI=1S/C21H26N2O3/c1-22(2)17-7-6-14-23(15-17)21(24)16-25-18-10-12-20(13-11-18)26-19-8-4-3-5-9-19/h3-5,8-13,17H,6-7,14-16H2,1-2H3. The maximum absolute atomic E-state index is 12.4. The van der Waals surface area contributed by atoms with E-state index >= 15 is 0 Å². The van der Waals surface area contributed by atoms with Gasteiger partial charge in [0.05, 0.1) is 0 Å². The predicted molar refractivity (Wildman–Crippen MR) is 102 cm³/mol. The SMILES string of the molecule is CN(C)C1CCCN(C(=O)COc2ccc(Oc3ccccc3)cc2)C1. The van der Waals surface area contributed by atoms with Crippen LogP contribution in [0.2, 0.25) is 0 Å². The third kappa shape index (κ3) is 4.99. The van der Waals surface area contributed by atoms with E-state index in [2.05, 4.69) is 19.0 Å². The molecule has 0 N–H and O–H groups in total. The van der Waals surface area contributed by atoms with Gasteiger partial charge in [-0.1, -0.05) is 18.2 Å². The van der Waals surface area contributed by atoms with Gasteiger partial charge < -0.3 is 19.3 Å². The number of hydrogen-bond donors (Lipinski definition) is 0. The van der Waals surface area contributed by atoms with Crippen LogP contribution in [0.5, 0.6) is 17.2 Å². The number of nitrogens with zero attached hydrogens (tertiary/aromatic N) is 2. The van der Waals surface area contributed by atoms with Crippen molar-refractivity contribution in [3.63, 3.8) is 0 Å². The highest BCUT2D eigenvalue weighted by Crippen LogP contribution is 2.23. The van der Waals surface area contributed by atoms with Crippen molar-refractivity contribution in [1.82, 2.24) is 9.80 Å². The Morgan fingerprint density at radius 2 is 1.69 bits per heavy atom. The van der Waals surface area contributed by atoms with Crippen molar-refractivity contribution in [2.75, 3.05) is 33.8 Å². The van der Waals surface area contributed by atoms with Crippen LogP contribution in [0.15, 0.2) is 54.6 Å². The molecule has 0 bridgehead atoms. The number of likely N-dealkylation sites (tertiary alicyclic amines) is 1. The van der Waals surface area contributed by atoms with Gasteiger partial charge in [-0.05, 0) is 63.3 Å². The summed E-state index contributed by atoms with van der Waals surface area (Å²) in [5.74, 6) is 2.23. The Balaban J connectivity index is 1.49. The maximum atomic E-state index is 12.4. The van der Waals surface area contributed by atoms with E-state index in [-0.39, 0.29) is 12.5 Å². The largest absolute Gasteiger partial charge is 0.484 e. The lowest BCUT2D eigenvalue weighted by Crippen LogP contribution is -2.48. The molecule has 1 fully saturated rings. The lowest BCUT2D eigenvalue weighted by atomic mass is 10.1. The van der Waals surface area contributed by atoms with Gasteiger partial charge >= 0.3 is 0 Å². The molecular formula is C21H26N2O3. The van der Waals surface area contributed by atoms with Crippen LogP contribution in [0.4, 0.5) is 0 Å². The van der Waals surface area contributed by atoms with E-state index in [4.69, 9.17) is 9.47 Å². The summed E-state index contributed by atoms with van der Waals surface area (Å²) in [7, 11) is 4.13. The second kappa shape index (κ2) is 8.72. The number of rotatable bonds is 6. The van der Waals surface area contributed by atoms with E-state index in [1.807, 2.05) is 59.5 Å². The van der Waals surface area contributed by atoms with Gasteiger partial charge in [-0.2, -0.15) is 0 Å². The molecule has 0 spiro atoms. The highest BCUT2D eigenvalue weighted by Gasteiger charge is 2.24. The van der Waals surface area contributed by atoms with Crippen LogP contribution >= 0.6 is 0 Å². The van der Waals surface area contributed by atoms with Crippen LogP contribution in [0.25, 0.3) is 0 Å². The number of benzene rings is 2. The first kappa shape index (κ1) is 18.3. The van der Waals surface area contributed by atoms with Crippen LogP contribution in [0, 0.1) is 0 Å². The highest BCUT2D eigenvalue weighted by molar-refractivity contribution is 5.78. The number of carbonyl (C=O) groups is 1. The molecule has 1 aliphatic heterocycles. The molecule has 5 heteroatoms. The van der Waals surface area contributed by atoms with Gasteiger partial charge in [0.1, 0.15) is 17.2 Å². The summed E-state index contributed by atoms with van der Waals surface area (Å²) in [6, 6.07) is 17.4. The van der Waals surface area contributed by atoms with Gasteiger partial charge in [-0.3, -0.25) is 4.79 Å². The minimum atomic E-state index is 0.0427. The minimum absolute atomic E-state index is 0.0427. The number of ether oxygens (including phenoxy) is 2. The molecule has 0 saturated carbocycles. The molecule has 0 radical (unpaired) electrons. The van der Waals surface area contributed by atoms with Crippen molar-refractivity contribution in [2.45, 2.75) is 18.9 Å². The summed E-state index contributed by atoms with van der Waals surface area (Å²) >= 11 is 0. The van der Waals surface area contributed by atoms with Gasteiger partial charge in [0.15, 0.2) is 6.61 Å². The highest BCUT2D eigenvalue weighted by atomic mass is 16.5. The molecule has 1 saturated heterocycles. The zero-order chi connectivity index (χ0) is 18.4. The minimum Gasteiger partial charge on any atom is -0.484 e. The molecule has 1 atom stereocenters. The summed E-state index contributed by atoms with van der Waals surface area (Å²) in [6.45, 7) is 1.66. The fourth-order valence-electron chi connectivity index (χ4n) is 3.07. The lowest BCUT2D eigenvalue weighted by molar-refractivity contribution is -0.135. The topological polar surface area (TPSA) is 42.0 Å². The van der Waals surface area contributed by atoms with E-state index in [1.54, 1.807) is 0 Å². The van der Waals surface area contributed by atoms with Gasteiger partial charge in [-0.15, -0.1) is 0 Å².